The van der Waals surface area contributed by atoms with Crippen molar-refractivity contribution in [1.29, 1.82) is 0 Å². The molecule has 1 spiro atoms. The average molecular weight is 567 g/mol. The van der Waals surface area contributed by atoms with Crippen LogP contribution in [0.25, 0.3) is 0 Å². The number of carbonyl (C=O) groups excluding carboxylic acids is 5. The molecule has 41 heavy (non-hydrogen) atoms. The largest absolute Gasteiger partial charge is 0.507 e. The van der Waals surface area contributed by atoms with E-state index in [0.29, 0.717) is 17.7 Å². The van der Waals surface area contributed by atoms with Gasteiger partial charge in [0.2, 0.25) is 5.91 Å². The summed E-state index contributed by atoms with van der Waals surface area (Å²) in [4.78, 5) is 73.0. The number of rotatable bonds is 5. The molecule has 220 valence electrons. The number of hydrogen-bond donors (Lipinski definition) is 3. The SMILES string of the molecule is CN(C)c1cc(CN2CCCC23CC3)c(O)c2c1C[C@H]1C[C@H]3[C@H](N(C)C)C(=O)C(C(N)=O)C(=O)[C@@]3(O)C(=O)C1C2=O. The Kier molecular flexibility index (Phi) is 6.26. The Hall–Kier alpha value is -3.15. The predicted octanol–water partition coefficient (Wildman–Crippen LogP) is 0.0614. The second-order valence-electron chi connectivity index (χ2n) is 13.2. The molecule has 3 saturated carbocycles. The fourth-order valence-electron chi connectivity index (χ4n) is 8.38. The lowest BCUT2D eigenvalue weighted by molar-refractivity contribution is -0.181. The number of hydrogen-bond acceptors (Lipinski definition) is 10. The monoisotopic (exact) mass is 566 g/mol. The molecule has 11 heteroatoms. The molecule has 4 aliphatic carbocycles. The van der Waals surface area contributed by atoms with Crippen molar-refractivity contribution in [1.82, 2.24) is 9.80 Å². The van der Waals surface area contributed by atoms with E-state index in [0.717, 1.165) is 37.9 Å². The predicted molar refractivity (Wildman–Crippen MR) is 147 cm³/mol. The first-order valence-electron chi connectivity index (χ1n) is 14.4. The van der Waals surface area contributed by atoms with Gasteiger partial charge in [0.1, 0.15) is 5.75 Å². The van der Waals surface area contributed by atoms with Crippen LogP contribution in [-0.2, 0) is 32.1 Å². The zero-order valence-corrected chi connectivity index (χ0v) is 24.0. The Morgan fingerprint density at radius 2 is 1.78 bits per heavy atom. The summed E-state index contributed by atoms with van der Waals surface area (Å²) >= 11 is 0. The first kappa shape index (κ1) is 28.0. The lowest BCUT2D eigenvalue weighted by atomic mass is 9.52. The minimum absolute atomic E-state index is 0.0373. The number of nitrogens with two attached hydrogens (primary N) is 1. The van der Waals surface area contributed by atoms with Crippen molar-refractivity contribution in [2.75, 3.05) is 39.6 Å². The highest BCUT2D eigenvalue weighted by molar-refractivity contribution is 6.32. The van der Waals surface area contributed by atoms with Gasteiger partial charge in [0, 0.05) is 43.3 Å². The fourth-order valence-corrected chi connectivity index (χ4v) is 8.38. The molecule has 11 nitrogen and oxygen atoms in total. The van der Waals surface area contributed by atoms with E-state index in [-0.39, 0.29) is 29.7 Å². The van der Waals surface area contributed by atoms with Crippen molar-refractivity contribution in [3.8, 4) is 5.75 Å². The lowest BCUT2D eigenvalue weighted by Crippen LogP contribution is -2.74. The number of benzene rings is 1. The number of carbonyl (C=O) groups is 5. The number of nitrogens with zero attached hydrogens (tertiary/aromatic N) is 3. The quantitative estimate of drug-likeness (QED) is 0.416. The van der Waals surface area contributed by atoms with Crippen molar-refractivity contribution in [3.63, 3.8) is 0 Å². The van der Waals surface area contributed by atoms with Crippen LogP contribution in [0.4, 0.5) is 5.69 Å². The van der Waals surface area contributed by atoms with Gasteiger partial charge in [0.25, 0.3) is 0 Å². The molecule has 4 fully saturated rings. The van der Waals surface area contributed by atoms with E-state index < -0.39 is 64.4 Å². The van der Waals surface area contributed by atoms with Crippen molar-refractivity contribution in [2.45, 2.75) is 62.3 Å². The number of likely N-dealkylation sites (tertiary alicyclic amines) is 1. The molecule has 6 atom stereocenters. The van der Waals surface area contributed by atoms with Crippen LogP contribution >= 0.6 is 0 Å². The summed E-state index contributed by atoms with van der Waals surface area (Å²) in [6, 6.07) is 0.807. The molecule has 0 aromatic heterocycles. The molecule has 0 bridgehead atoms. The molecule has 6 rings (SSSR count). The van der Waals surface area contributed by atoms with Gasteiger partial charge in [-0.3, -0.25) is 33.8 Å². The number of phenols is 1. The Balaban J connectivity index is 1.45. The smallest absolute Gasteiger partial charge is 0.235 e. The number of primary amides is 1. The van der Waals surface area contributed by atoms with Crippen LogP contribution in [0, 0.1) is 23.7 Å². The maximum atomic E-state index is 14.2. The van der Waals surface area contributed by atoms with Crippen molar-refractivity contribution in [2.24, 2.45) is 29.4 Å². The third kappa shape index (κ3) is 3.78. The summed E-state index contributed by atoms with van der Waals surface area (Å²) in [5.74, 6) is -10.2. The maximum absolute atomic E-state index is 14.2. The highest BCUT2D eigenvalue weighted by atomic mass is 16.3. The molecule has 5 aliphatic rings. The number of ketones is 4. The fraction of sp³-hybridized carbons (Fsp3) is 0.633. The molecular formula is C30H38N4O7. The zero-order chi connectivity index (χ0) is 29.8. The summed E-state index contributed by atoms with van der Waals surface area (Å²) in [5.41, 5.74) is 4.90. The summed E-state index contributed by atoms with van der Waals surface area (Å²) < 4.78 is 0. The third-order valence-electron chi connectivity index (χ3n) is 10.5. The topological polar surface area (TPSA) is 162 Å². The zero-order valence-electron chi connectivity index (χ0n) is 24.0. The Morgan fingerprint density at radius 1 is 1.10 bits per heavy atom. The third-order valence-corrected chi connectivity index (χ3v) is 10.5. The van der Waals surface area contributed by atoms with Crippen LogP contribution in [0.3, 0.4) is 0 Å². The van der Waals surface area contributed by atoms with E-state index in [4.69, 9.17) is 5.73 Å². The van der Waals surface area contributed by atoms with E-state index in [9.17, 15) is 34.2 Å². The van der Waals surface area contributed by atoms with Gasteiger partial charge in [-0.05, 0) is 76.7 Å². The second kappa shape index (κ2) is 9.17. The normalized spacial score (nSPS) is 34.0. The van der Waals surface area contributed by atoms with E-state index in [1.54, 1.807) is 14.1 Å². The Bertz CT molecular complexity index is 1400. The minimum atomic E-state index is -2.72. The maximum Gasteiger partial charge on any atom is 0.235 e. The minimum Gasteiger partial charge on any atom is -0.507 e. The van der Waals surface area contributed by atoms with Crippen LogP contribution in [0.1, 0.15) is 53.6 Å². The van der Waals surface area contributed by atoms with Crippen LogP contribution in [0.5, 0.6) is 5.75 Å². The Labute approximate surface area is 238 Å². The van der Waals surface area contributed by atoms with Crippen LogP contribution in [0.2, 0.25) is 0 Å². The van der Waals surface area contributed by atoms with Crippen LogP contribution in [0.15, 0.2) is 6.07 Å². The summed E-state index contributed by atoms with van der Waals surface area (Å²) in [6.45, 7) is 1.39. The molecular weight excluding hydrogens is 528 g/mol. The molecule has 0 radical (unpaired) electrons. The molecule has 1 heterocycles. The van der Waals surface area contributed by atoms with Gasteiger partial charge in [-0.1, -0.05) is 0 Å². The van der Waals surface area contributed by atoms with E-state index >= 15 is 0 Å². The van der Waals surface area contributed by atoms with Gasteiger partial charge >= 0.3 is 0 Å². The molecule has 1 aromatic rings. The first-order valence-corrected chi connectivity index (χ1v) is 14.4. The van der Waals surface area contributed by atoms with Gasteiger partial charge in [-0.25, -0.2) is 0 Å². The Morgan fingerprint density at radius 3 is 2.37 bits per heavy atom. The van der Waals surface area contributed by atoms with Crippen molar-refractivity contribution in [3.05, 3.63) is 22.8 Å². The second-order valence-corrected chi connectivity index (χ2v) is 13.2. The number of fused-ring (bicyclic) bond motifs is 3. The number of Topliss-reactive ketones (excluding diaryl/α,β-unsaturated/α-hetero) is 4. The highest BCUT2D eigenvalue weighted by Gasteiger charge is 2.69. The van der Waals surface area contributed by atoms with Crippen LogP contribution in [-0.4, -0.2) is 101 Å². The molecule has 1 amide bonds. The van der Waals surface area contributed by atoms with Gasteiger partial charge in [-0.15, -0.1) is 0 Å². The number of phenolic OH excluding ortho intramolecular Hbond substituents is 1. The van der Waals surface area contributed by atoms with Gasteiger partial charge in [0.05, 0.1) is 17.5 Å². The number of anilines is 1. The van der Waals surface area contributed by atoms with E-state index in [2.05, 4.69) is 4.90 Å². The number of likely N-dealkylation sites (N-methyl/N-ethyl adjacent to an activating group) is 1. The summed E-state index contributed by atoms with van der Waals surface area (Å²) in [5, 5.41) is 23.3. The van der Waals surface area contributed by atoms with Gasteiger partial charge in [0.15, 0.2) is 34.7 Å². The highest BCUT2D eigenvalue weighted by Crippen LogP contribution is 2.54. The van der Waals surface area contributed by atoms with Gasteiger partial charge < -0.3 is 20.8 Å². The van der Waals surface area contributed by atoms with Crippen LogP contribution < -0.4 is 10.6 Å². The number of amides is 1. The first-order chi connectivity index (χ1) is 19.2. The summed E-state index contributed by atoms with van der Waals surface area (Å²) in [7, 11) is 6.87. The lowest BCUT2D eigenvalue weighted by Gasteiger charge is -2.52. The molecule has 4 N–H and O–H groups in total. The van der Waals surface area contributed by atoms with Gasteiger partial charge in [-0.2, -0.15) is 0 Å². The summed E-state index contributed by atoms with van der Waals surface area (Å²) in [6.07, 6.45) is 4.73. The molecule has 1 saturated heterocycles. The number of aliphatic hydroxyl groups is 1. The van der Waals surface area contributed by atoms with Crippen molar-refractivity contribution >= 4 is 34.7 Å². The number of aromatic hydroxyl groups is 1. The standard InChI is InChI=1S/C30H38N4O7/c1-32(2)18-12-15(13-34-9-5-6-29(34)7-8-29)23(35)20-16(18)10-14-11-17-22(33(3)4)25(37)21(28(31)40)27(39)30(17,41)26(38)19(14)24(20)36/h12,14,17,19,21-22,35,41H,5-11,13H2,1-4H3,(H2,31,40)/t14-,17-,19?,21?,22-,30-/m0/s1. The van der Waals surface area contributed by atoms with E-state index in [1.165, 1.54) is 4.90 Å². The van der Waals surface area contributed by atoms with Crippen molar-refractivity contribution < 1.29 is 34.2 Å². The average Bonchev–Trinajstić information content (AvgIpc) is 3.56. The molecule has 2 unspecified atom stereocenters. The molecule has 1 aromatic carbocycles. The van der Waals surface area contributed by atoms with E-state index in [1.807, 2.05) is 25.1 Å². The molecule has 1 aliphatic heterocycles.